The van der Waals surface area contributed by atoms with Crippen LogP contribution in [0, 0.1) is 0 Å². The minimum atomic E-state index is -0.692. The third kappa shape index (κ3) is 13.5. The molecule has 0 N–H and O–H groups in total. The molecular formula is C72H72B3ClN6O6. The van der Waals surface area contributed by atoms with Gasteiger partial charge in [0.25, 0.3) is 0 Å². The number of halogens is 1. The Morgan fingerprint density at radius 1 is 0.239 bits per heavy atom. The first kappa shape index (κ1) is 61.7. The molecule has 0 unspecified atom stereocenters. The van der Waals surface area contributed by atoms with Crippen LogP contribution in [0.2, 0.25) is 5.28 Å². The Morgan fingerprint density at radius 2 is 0.432 bits per heavy atom. The maximum absolute atomic E-state index is 6.31. The summed E-state index contributed by atoms with van der Waals surface area (Å²) in [7, 11) is -1.64. The molecule has 442 valence electrons. The zero-order chi connectivity index (χ0) is 62.1. The normalized spacial score (nSPS) is 17.4. The maximum Gasteiger partial charge on any atom is 0.534 e. The predicted octanol–water partition coefficient (Wildman–Crippen LogP) is 16.3. The van der Waals surface area contributed by atoms with Crippen molar-refractivity contribution in [2.24, 2.45) is 0 Å². The van der Waals surface area contributed by atoms with E-state index >= 15 is 0 Å². The van der Waals surface area contributed by atoms with Gasteiger partial charge in [0.1, 0.15) is 0 Å². The largest absolute Gasteiger partial charge is 0.534 e. The molecule has 0 atom stereocenters. The number of hydrogen-bond acceptors (Lipinski definition) is 12. The van der Waals surface area contributed by atoms with E-state index in [-0.39, 0.29) is 27.7 Å². The molecule has 8 aromatic carbocycles. The van der Waals surface area contributed by atoms with Crippen LogP contribution in [0.3, 0.4) is 0 Å². The van der Waals surface area contributed by atoms with Gasteiger partial charge in [0.2, 0.25) is 5.28 Å². The summed E-state index contributed by atoms with van der Waals surface area (Å²) in [5.41, 5.74) is 10.8. The lowest BCUT2D eigenvalue weighted by Crippen LogP contribution is -2.41. The molecule has 3 aliphatic heterocycles. The summed E-state index contributed by atoms with van der Waals surface area (Å²) < 4.78 is 36.5. The second-order valence-corrected chi connectivity index (χ2v) is 25.5. The molecule has 3 saturated heterocycles. The second-order valence-electron chi connectivity index (χ2n) is 25.2. The molecule has 16 heteroatoms. The Balaban J connectivity index is 0.000000146. The van der Waals surface area contributed by atoms with Gasteiger partial charge in [0, 0.05) is 22.3 Å². The number of rotatable bonds is 10. The Bertz CT molecular complexity index is 3720. The predicted molar refractivity (Wildman–Crippen MR) is 356 cm³/mol. The highest BCUT2D eigenvalue weighted by atomic mass is 35.5. The molecule has 0 radical (unpaired) electrons. The van der Waals surface area contributed by atoms with Gasteiger partial charge in [-0.05, 0) is 139 Å². The minimum absolute atomic E-state index is 0.180. The van der Waals surface area contributed by atoms with Crippen molar-refractivity contribution in [1.29, 1.82) is 0 Å². The molecule has 2 aromatic heterocycles. The molecule has 0 amide bonds. The Kier molecular flexibility index (Phi) is 17.4. The fraction of sp³-hybridized carbons (Fsp3) is 0.250. The molecule has 13 rings (SSSR count). The summed E-state index contributed by atoms with van der Waals surface area (Å²) in [4.78, 5) is 27.9. The van der Waals surface area contributed by atoms with Crippen molar-refractivity contribution >= 4 is 38.5 Å². The fourth-order valence-corrected chi connectivity index (χ4v) is 10.2. The van der Waals surface area contributed by atoms with Crippen LogP contribution in [-0.2, 0) is 27.9 Å². The lowest BCUT2D eigenvalue weighted by molar-refractivity contribution is 0.00578. The van der Waals surface area contributed by atoms with Gasteiger partial charge in [0.05, 0.1) is 33.6 Å². The summed E-state index contributed by atoms with van der Waals surface area (Å²) in [6.07, 6.45) is 0. The lowest BCUT2D eigenvalue weighted by atomic mass is 9.49. The quantitative estimate of drug-likeness (QED) is 0.121. The fourth-order valence-electron chi connectivity index (χ4n) is 10.1. The second kappa shape index (κ2) is 24.9. The summed E-state index contributed by atoms with van der Waals surface area (Å²) in [5.74, 6) is 2.27. The van der Waals surface area contributed by atoms with Crippen LogP contribution < -0.4 is 5.72 Å². The van der Waals surface area contributed by atoms with E-state index in [1.54, 1.807) is 0 Å². The molecule has 0 aliphatic carbocycles. The van der Waals surface area contributed by atoms with E-state index in [2.05, 4.69) is 112 Å². The molecule has 3 fully saturated rings. The van der Waals surface area contributed by atoms with Crippen LogP contribution in [0.25, 0.3) is 90.1 Å². The van der Waals surface area contributed by atoms with E-state index in [0.29, 0.717) is 29.0 Å². The summed E-state index contributed by atoms with van der Waals surface area (Å²) in [6.45, 7) is 24.3. The van der Waals surface area contributed by atoms with Crippen LogP contribution in [-0.4, -0.2) is 84.6 Å². The van der Waals surface area contributed by atoms with E-state index in [1.807, 2.05) is 204 Å². The van der Waals surface area contributed by atoms with E-state index < -0.39 is 32.3 Å². The zero-order valence-corrected chi connectivity index (χ0v) is 52.8. The highest BCUT2D eigenvalue weighted by Gasteiger charge is 2.64. The van der Waals surface area contributed by atoms with Crippen molar-refractivity contribution in [2.45, 2.75) is 117 Å². The Labute approximate surface area is 523 Å². The van der Waals surface area contributed by atoms with Gasteiger partial charge in [-0.25, -0.2) is 19.9 Å². The zero-order valence-electron chi connectivity index (χ0n) is 52.0. The minimum Gasteiger partial charge on any atom is -0.405 e. The third-order valence-corrected chi connectivity index (χ3v) is 17.7. The average molecular weight is 1190 g/mol. The van der Waals surface area contributed by atoms with Gasteiger partial charge in [0.15, 0.2) is 29.0 Å². The van der Waals surface area contributed by atoms with Gasteiger partial charge in [-0.15, -0.1) is 0 Å². The number of benzene rings is 8. The first-order valence-electron chi connectivity index (χ1n) is 29.8. The maximum atomic E-state index is 6.31. The van der Waals surface area contributed by atoms with Crippen LogP contribution >= 0.6 is 11.6 Å². The molecule has 0 bridgehead atoms. The van der Waals surface area contributed by atoms with Crippen LogP contribution in [0.4, 0.5) is 0 Å². The monoisotopic (exact) mass is 1180 g/mol. The first-order valence-corrected chi connectivity index (χ1v) is 30.2. The topological polar surface area (TPSA) is 133 Å². The van der Waals surface area contributed by atoms with Gasteiger partial charge < -0.3 is 27.9 Å². The first-order chi connectivity index (χ1) is 41.9. The molecule has 0 saturated carbocycles. The molecule has 3 aliphatic rings. The number of nitrogens with zero attached hydrogens (tertiary/aromatic N) is 6. The van der Waals surface area contributed by atoms with E-state index in [4.69, 9.17) is 54.5 Å². The van der Waals surface area contributed by atoms with Gasteiger partial charge in [-0.2, -0.15) is 9.97 Å². The van der Waals surface area contributed by atoms with Crippen molar-refractivity contribution < 1.29 is 27.9 Å². The molecule has 0 spiro atoms. The van der Waals surface area contributed by atoms with E-state index in [9.17, 15) is 0 Å². The Morgan fingerprint density at radius 3 is 0.670 bits per heavy atom. The van der Waals surface area contributed by atoms with Crippen LogP contribution in [0.1, 0.15) is 83.1 Å². The lowest BCUT2D eigenvalue weighted by Gasteiger charge is -2.32. The van der Waals surface area contributed by atoms with Gasteiger partial charge >= 0.3 is 21.1 Å². The highest BCUT2D eigenvalue weighted by Crippen LogP contribution is 2.43. The van der Waals surface area contributed by atoms with Crippen molar-refractivity contribution in [3.05, 3.63) is 224 Å². The molecular weight excluding hydrogens is 1110 g/mol. The number of aromatic nitrogens is 6. The highest BCUT2D eigenvalue weighted by molar-refractivity contribution is 7.11. The van der Waals surface area contributed by atoms with Gasteiger partial charge in [-0.1, -0.05) is 218 Å². The summed E-state index contributed by atoms with van der Waals surface area (Å²) >= 11 is 6.24. The van der Waals surface area contributed by atoms with E-state index in [0.717, 1.165) is 55.6 Å². The smallest absolute Gasteiger partial charge is 0.405 e. The van der Waals surface area contributed by atoms with Crippen molar-refractivity contribution in [2.75, 3.05) is 0 Å². The van der Waals surface area contributed by atoms with Crippen LogP contribution in [0.5, 0.6) is 0 Å². The summed E-state index contributed by atoms with van der Waals surface area (Å²) in [6, 6.07) is 74.0. The SMILES string of the molecule is CC1(C)OB(B2OC(C)(C)C(C)(C)O2)OC1(C)C.CC1(C)OB(c2nc(-c3ccc(-c4ccccc4)cc3)nc(-c3ccc(-c4ccccc4)cc3)n2)OC1(C)C.Clc1nc(-c2ccc(-c3ccccc3)cc2)nc(-c2ccc(-c3ccccc3)cc2)n1. The van der Waals surface area contributed by atoms with Crippen molar-refractivity contribution in [3.63, 3.8) is 0 Å². The van der Waals surface area contributed by atoms with Crippen LogP contribution in [0.15, 0.2) is 218 Å². The van der Waals surface area contributed by atoms with Crippen molar-refractivity contribution in [3.8, 4) is 90.1 Å². The molecule has 88 heavy (non-hydrogen) atoms. The average Bonchev–Trinajstić information content (AvgIpc) is 1.90. The molecule has 12 nitrogen and oxygen atoms in total. The third-order valence-electron chi connectivity index (χ3n) is 17.5. The Hall–Kier alpha value is -7.98. The van der Waals surface area contributed by atoms with Crippen molar-refractivity contribution in [1.82, 2.24) is 29.9 Å². The summed E-state index contributed by atoms with van der Waals surface area (Å²) in [5, 5.41) is 0.180. The molecule has 5 heterocycles. The standard InChI is InChI=1S/C33H30BN3O2.C27H18ClN3.C12H24B2O4/c1-32(2)33(3,4)39-34(38-32)31-36-29(27-19-15-25(16-20-27)23-11-7-5-8-12-23)35-30(37-31)28-21-17-26(18-22-28)24-13-9-6-10-14-24;28-27-30-25(23-15-11-21(12-16-23)19-7-3-1-4-8-19)29-26(31-27)24-17-13-22(14-18-24)20-9-5-2-6-10-20;1-9(2)10(3,4)16-13(15-9)14-17-11(5,6)12(7,8)18-14/h5-22H,1-4H3;1-18H;1-8H3. The molecule has 10 aromatic rings. The van der Waals surface area contributed by atoms with E-state index in [1.165, 1.54) is 11.1 Å². The van der Waals surface area contributed by atoms with Gasteiger partial charge in [-0.3, -0.25) is 0 Å². The number of hydrogen-bond donors (Lipinski definition) is 0.